The zero-order chi connectivity index (χ0) is 22.5. The Morgan fingerprint density at radius 1 is 0.657 bits per heavy atom. The number of hydrogen-bond acceptors (Lipinski definition) is 6. The van der Waals surface area contributed by atoms with Gasteiger partial charge in [0, 0.05) is 45.5 Å². The lowest BCUT2D eigenvalue weighted by molar-refractivity contribution is 0.575. The molecule has 3 aromatic rings. The zero-order valence-electron chi connectivity index (χ0n) is 19.0. The van der Waals surface area contributed by atoms with E-state index in [1.807, 2.05) is 18.2 Å². The summed E-state index contributed by atoms with van der Waals surface area (Å²) in [7, 11) is 0. The summed E-state index contributed by atoms with van der Waals surface area (Å²) in [6.07, 6.45) is 0. The maximum atomic E-state index is 15.1. The van der Waals surface area contributed by atoms with Crippen LogP contribution in [0.3, 0.4) is 0 Å². The third-order valence-corrected chi connectivity index (χ3v) is 7.73. The lowest BCUT2D eigenvalue weighted by Gasteiger charge is -2.09. The molecule has 5 rings (SSSR count). The molecule has 0 radical (unpaired) electrons. The molecule has 0 saturated heterocycles. The molecule has 2 heterocycles. The SMILES string of the molecule is Cl.Cl.Fc1c(SCc2ccc(C3=NCCN3)cc2)cccc1SCc1ccc(C2=NCCN2)cc1. The van der Waals surface area contributed by atoms with E-state index in [1.54, 1.807) is 0 Å². The number of amidine groups is 2. The number of halogens is 3. The number of benzene rings is 3. The summed E-state index contributed by atoms with van der Waals surface area (Å²) in [5.41, 5.74) is 4.54. The van der Waals surface area contributed by atoms with Crippen LogP contribution < -0.4 is 10.6 Å². The molecule has 4 nitrogen and oxygen atoms in total. The van der Waals surface area contributed by atoms with Gasteiger partial charge in [-0.1, -0.05) is 54.6 Å². The van der Waals surface area contributed by atoms with Gasteiger partial charge in [-0.3, -0.25) is 9.98 Å². The average Bonchev–Trinajstić information content (AvgIpc) is 3.58. The van der Waals surface area contributed by atoms with Crippen LogP contribution in [0.2, 0.25) is 0 Å². The molecule has 0 saturated carbocycles. The van der Waals surface area contributed by atoms with E-state index < -0.39 is 0 Å². The van der Waals surface area contributed by atoms with Crippen molar-refractivity contribution in [2.24, 2.45) is 9.98 Å². The quantitative estimate of drug-likeness (QED) is 0.341. The van der Waals surface area contributed by atoms with E-state index >= 15 is 4.39 Å². The lowest BCUT2D eigenvalue weighted by Crippen LogP contribution is -2.19. The largest absolute Gasteiger partial charge is 0.368 e. The van der Waals surface area contributed by atoms with E-state index in [-0.39, 0.29) is 30.6 Å². The minimum Gasteiger partial charge on any atom is -0.368 e. The molecule has 35 heavy (non-hydrogen) atoms. The summed E-state index contributed by atoms with van der Waals surface area (Å²) in [4.78, 5) is 10.3. The van der Waals surface area contributed by atoms with Crippen molar-refractivity contribution in [3.63, 3.8) is 0 Å². The number of rotatable bonds is 8. The van der Waals surface area contributed by atoms with E-state index in [2.05, 4.69) is 69.1 Å². The Kier molecular flexibility index (Phi) is 10.3. The van der Waals surface area contributed by atoms with Gasteiger partial charge in [-0.05, 0) is 23.3 Å². The summed E-state index contributed by atoms with van der Waals surface area (Å²) in [5, 5.41) is 6.58. The van der Waals surface area contributed by atoms with Gasteiger partial charge in [0.1, 0.15) is 17.5 Å². The van der Waals surface area contributed by atoms with Gasteiger partial charge in [-0.2, -0.15) is 0 Å². The van der Waals surface area contributed by atoms with Crippen LogP contribution in [0, 0.1) is 5.82 Å². The Morgan fingerprint density at radius 2 is 1.09 bits per heavy atom. The van der Waals surface area contributed by atoms with Crippen LogP contribution in [0.4, 0.5) is 4.39 Å². The van der Waals surface area contributed by atoms with Crippen LogP contribution in [0.5, 0.6) is 0 Å². The standard InChI is InChI=1S/C26H25FN4S2.2ClH/c27-24-22(32-16-18-4-8-20(9-5-18)25-28-12-13-29-25)2-1-3-23(24)33-17-19-6-10-21(11-7-19)26-30-14-15-31-26;;/h1-11H,12-17H2,(H,28,29)(H,30,31);2*1H. The van der Waals surface area contributed by atoms with E-state index in [4.69, 9.17) is 0 Å². The number of aliphatic imine (C=N–C) groups is 2. The maximum absolute atomic E-state index is 15.1. The highest BCUT2D eigenvalue weighted by molar-refractivity contribution is 7.99. The fourth-order valence-corrected chi connectivity index (χ4v) is 5.65. The molecule has 0 atom stereocenters. The van der Waals surface area contributed by atoms with Gasteiger partial charge in [0.25, 0.3) is 0 Å². The summed E-state index contributed by atoms with van der Waals surface area (Å²) in [6.45, 7) is 3.47. The molecule has 0 unspecified atom stereocenters. The minimum atomic E-state index is -0.130. The lowest BCUT2D eigenvalue weighted by atomic mass is 10.1. The second-order valence-corrected chi connectivity index (χ2v) is 9.89. The van der Waals surface area contributed by atoms with Crippen LogP contribution in [-0.2, 0) is 11.5 Å². The number of nitrogens with zero attached hydrogens (tertiary/aromatic N) is 2. The smallest absolute Gasteiger partial charge is 0.150 e. The van der Waals surface area contributed by atoms with Gasteiger partial charge in [-0.15, -0.1) is 48.3 Å². The van der Waals surface area contributed by atoms with Crippen molar-refractivity contribution >= 4 is 60.0 Å². The number of hydrogen-bond donors (Lipinski definition) is 2. The first-order valence-electron chi connectivity index (χ1n) is 11.1. The number of thioether (sulfide) groups is 2. The number of nitrogens with one attached hydrogen (secondary N) is 2. The predicted octanol–water partition coefficient (Wildman–Crippen LogP) is 5.95. The Hall–Kier alpha value is -2.19. The summed E-state index contributed by atoms with van der Waals surface area (Å²) >= 11 is 3.07. The third kappa shape index (κ3) is 6.94. The predicted molar refractivity (Wildman–Crippen MR) is 152 cm³/mol. The molecule has 2 N–H and O–H groups in total. The molecule has 0 aliphatic carbocycles. The third-order valence-electron chi connectivity index (χ3n) is 5.52. The van der Waals surface area contributed by atoms with Crippen molar-refractivity contribution in [2.45, 2.75) is 21.3 Å². The Balaban J connectivity index is 0.00000171. The average molecular weight is 550 g/mol. The molecule has 0 aromatic heterocycles. The van der Waals surface area contributed by atoms with Gasteiger partial charge >= 0.3 is 0 Å². The molecule has 3 aromatic carbocycles. The van der Waals surface area contributed by atoms with Crippen molar-refractivity contribution in [1.82, 2.24) is 10.6 Å². The summed E-state index contributed by atoms with van der Waals surface area (Å²) < 4.78 is 15.1. The van der Waals surface area contributed by atoms with Crippen molar-refractivity contribution in [1.29, 1.82) is 0 Å². The van der Waals surface area contributed by atoms with Gasteiger partial charge < -0.3 is 10.6 Å². The van der Waals surface area contributed by atoms with Crippen molar-refractivity contribution in [3.8, 4) is 0 Å². The summed E-state index contributed by atoms with van der Waals surface area (Å²) in [6, 6.07) is 22.4. The highest BCUT2D eigenvalue weighted by Gasteiger charge is 2.12. The Labute approximate surface area is 226 Å². The molecule has 184 valence electrons. The van der Waals surface area contributed by atoms with Crippen molar-refractivity contribution in [2.75, 3.05) is 26.2 Å². The van der Waals surface area contributed by atoms with Crippen LogP contribution in [0.1, 0.15) is 22.3 Å². The second kappa shape index (κ2) is 13.2. The molecular weight excluding hydrogens is 522 g/mol. The molecule has 0 bridgehead atoms. The first-order valence-corrected chi connectivity index (χ1v) is 13.0. The Morgan fingerprint density at radius 3 is 1.46 bits per heavy atom. The second-order valence-electron chi connectivity index (χ2n) is 7.85. The van der Waals surface area contributed by atoms with Gasteiger partial charge in [-0.25, -0.2) is 4.39 Å². The van der Waals surface area contributed by atoms with E-state index in [0.717, 1.165) is 60.5 Å². The molecule has 2 aliphatic heterocycles. The van der Waals surface area contributed by atoms with Gasteiger partial charge in [0.2, 0.25) is 0 Å². The molecular formula is C26H27Cl2FN4S2. The van der Waals surface area contributed by atoms with Crippen LogP contribution >= 0.6 is 48.3 Å². The first-order chi connectivity index (χ1) is 16.3. The van der Waals surface area contributed by atoms with Gasteiger partial charge in [0.05, 0.1) is 13.1 Å². The zero-order valence-corrected chi connectivity index (χ0v) is 22.3. The monoisotopic (exact) mass is 548 g/mol. The van der Waals surface area contributed by atoms with Crippen molar-refractivity contribution in [3.05, 3.63) is 94.8 Å². The Bertz CT molecular complexity index is 1100. The van der Waals surface area contributed by atoms with E-state index in [1.165, 1.54) is 34.7 Å². The molecule has 2 aliphatic rings. The van der Waals surface area contributed by atoms with Crippen LogP contribution in [0.15, 0.2) is 86.5 Å². The molecule has 9 heteroatoms. The maximum Gasteiger partial charge on any atom is 0.150 e. The minimum absolute atomic E-state index is 0. The van der Waals surface area contributed by atoms with Crippen molar-refractivity contribution < 1.29 is 4.39 Å². The normalized spacial score (nSPS) is 14.2. The highest BCUT2D eigenvalue weighted by Crippen LogP contribution is 2.33. The fourth-order valence-electron chi connectivity index (χ4n) is 3.74. The van der Waals surface area contributed by atoms with Crippen LogP contribution in [0.25, 0.3) is 0 Å². The fraction of sp³-hybridized carbons (Fsp3) is 0.231. The van der Waals surface area contributed by atoms with E-state index in [0.29, 0.717) is 9.79 Å². The molecule has 0 spiro atoms. The summed E-state index contributed by atoms with van der Waals surface area (Å²) in [5.74, 6) is 3.25. The molecule has 0 fully saturated rings. The van der Waals surface area contributed by atoms with Gasteiger partial charge in [0.15, 0.2) is 0 Å². The highest BCUT2D eigenvalue weighted by atomic mass is 35.5. The topological polar surface area (TPSA) is 48.8 Å². The van der Waals surface area contributed by atoms with E-state index in [9.17, 15) is 0 Å². The van der Waals surface area contributed by atoms with Crippen LogP contribution in [-0.4, -0.2) is 37.9 Å². The molecule has 0 amide bonds. The first kappa shape index (κ1) is 27.4.